The molecule has 0 N–H and O–H groups in total. The smallest absolute Gasteiger partial charge is 0.324 e. The minimum absolute atomic E-state index is 0.292. The van der Waals surface area contributed by atoms with Gasteiger partial charge in [-0.05, 0) is 12.8 Å². The fourth-order valence-corrected chi connectivity index (χ4v) is 3.08. The predicted octanol–water partition coefficient (Wildman–Crippen LogP) is 1.86. The summed E-state index contributed by atoms with van der Waals surface area (Å²) < 4.78 is 2.58. The molecule has 7 nitrogen and oxygen atoms in total. The van der Waals surface area contributed by atoms with Crippen LogP contribution in [0, 0.1) is 0 Å². The molecule has 1 amide bonds. The number of hydrogen-bond donors (Lipinski definition) is 0. The lowest BCUT2D eigenvalue weighted by atomic mass is 10.2. The topological polar surface area (TPSA) is 73.0 Å². The molecule has 1 aliphatic heterocycles. The van der Waals surface area contributed by atoms with Crippen LogP contribution in [0.5, 0.6) is 0 Å². The number of nitrogens with zero attached hydrogens (tertiary/aromatic N) is 5. The molecule has 24 heavy (non-hydrogen) atoms. The maximum absolute atomic E-state index is 12.7. The molecule has 1 aromatic carbocycles. The third-order valence-electron chi connectivity index (χ3n) is 4.39. The Hall–Kier alpha value is -2.96. The molecule has 0 aliphatic carbocycles. The number of fused-ring (bicyclic) bond motifs is 1. The first-order valence-corrected chi connectivity index (χ1v) is 7.96. The highest BCUT2D eigenvalue weighted by molar-refractivity contribution is 5.88. The molecule has 122 valence electrons. The quantitative estimate of drug-likeness (QED) is 0.685. The van der Waals surface area contributed by atoms with Crippen LogP contribution in [0.1, 0.15) is 12.8 Å². The Bertz CT molecular complexity index is 968. The summed E-state index contributed by atoms with van der Waals surface area (Å²) in [6.07, 6.45) is 3.50. The largest absolute Gasteiger partial charge is 0.338 e. The van der Waals surface area contributed by atoms with Crippen molar-refractivity contribution in [1.82, 2.24) is 24.0 Å². The molecular formula is C17H17N5O2. The molecule has 1 saturated heterocycles. The number of benzene rings is 1. The molecule has 2 aromatic heterocycles. The number of aromatic nitrogens is 4. The van der Waals surface area contributed by atoms with Crippen LogP contribution in [0.15, 0.2) is 41.3 Å². The second kappa shape index (κ2) is 5.59. The van der Waals surface area contributed by atoms with Gasteiger partial charge in [-0.15, -0.1) is 0 Å². The molecule has 4 rings (SSSR count). The van der Waals surface area contributed by atoms with E-state index in [2.05, 4.69) is 9.97 Å². The summed E-state index contributed by atoms with van der Waals surface area (Å²) in [6, 6.07) is 9.26. The lowest BCUT2D eigenvalue weighted by Gasteiger charge is -2.14. The Morgan fingerprint density at radius 2 is 1.83 bits per heavy atom. The maximum atomic E-state index is 12.7. The van der Waals surface area contributed by atoms with Crippen LogP contribution in [0.3, 0.4) is 0 Å². The van der Waals surface area contributed by atoms with Crippen molar-refractivity contribution in [3.63, 3.8) is 0 Å². The molecule has 0 atom stereocenters. The number of carbonyl (C=O) groups excluding carboxylic acids is 1. The summed E-state index contributed by atoms with van der Waals surface area (Å²) in [5.74, 6) is 0.532. The molecule has 3 aromatic rings. The van der Waals surface area contributed by atoms with Crippen LogP contribution in [0.25, 0.3) is 22.6 Å². The van der Waals surface area contributed by atoms with Crippen molar-refractivity contribution in [2.24, 2.45) is 7.05 Å². The van der Waals surface area contributed by atoms with Gasteiger partial charge in [0, 0.05) is 25.7 Å². The Morgan fingerprint density at radius 3 is 2.54 bits per heavy atom. The van der Waals surface area contributed by atoms with E-state index in [-0.39, 0.29) is 11.7 Å². The lowest BCUT2D eigenvalue weighted by Crippen LogP contribution is -2.38. The van der Waals surface area contributed by atoms with Crippen LogP contribution in [-0.4, -0.2) is 43.1 Å². The lowest BCUT2D eigenvalue weighted by molar-refractivity contribution is 0.210. The van der Waals surface area contributed by atoms with E-state index < -0.39 is 0 Å². The fraction of sp³-hybridized carbons (Fsp3) is 0.294. The number of imidazole rings is 1. The van der Waals surface area contributed by atoms with Crippen molar-refractivity contribution in [2.75, 3.05) is 13.1 Å². The van der Waals surface area contributed by atoms with Crippen LogP contribution < -0.4 is 5.69 Å². The molecule has 7 heteroatoms. The van der Waals surface area contributed by atoms with E-state index >= 15 is 0 Å². The van der Waals surface area contributed by atoms with Gasteiger partial charge in [0.1, 0.15) is 5.52 Å². The highest BCUT2D eigenvalue weighted by Crippen LogP contribution is 2.18. The molecule has 0 unspecified atom stereocenters. The molecule has 0 saturated carbocycles. The van der Waals surface area contributed by atoms with Crippen LogP contribution in [0.2, 0.25) is 0 Å². The van der Waals surface area contributed by atoms with Crippen molar-refractivity contribution in [1.29, 1.82) is 0 Å². The summed E-state index contributed by atoms with van der Waals surface area (Å²) in [6.45, 7) is 1.37. The minimum atomic E-state index is -0.388. The van der Waals surface area contributed by atoms with Crippen molar-refractivity contribution < 1.29 is 4.79 Å². The summed E-state index contributed by atoms with van der Waals surface area (Å²) in [5.41, 5.74) is 1.38. The molecule has 0 bridgehead atoms. The predicted molar refractivity (Wildman–Crippen MR) is 89.8 cm³/mol. The van der Waals surface area contributed by atoms with E-state index in [1.54, 1.807) is 18.1 Å². The standard InChI is InChI=1S/C17H17N5O2/c1-20-15-13(11-18-14(19-15)12-7-3-2-4-8-12)22(16(20)23)17(24)21-9-5-6-10-21/h2-4,7-8,11H,5-6,9-10H2,1H3. The van der Waals surface area contributed by atoms with Crippen molar-refractivity contribution in [2.45, 2.75) is 12.8 Å². The van der Waals surface area contributed by atoms with Crippen molar-refractivity contribution in [3.8, 4) is 11.4 Å². The van der Waals surface area contributed by atoms with E-state index in [1.807, 2.05) is 30.3 Å². The molecule has 0 spiro atoms. The molecule has 0 radical (unpaired) electrons. The van der Waals surface area contributed by atoms with Gasteiger partial charge in [-0.2, -0.15) is 0 Å². The molecule has 1 aliphatic rings. The molecule has 1 fully saturated rings. The zero-order valence-electron chi connectivity index (χ0n) is 13.3. The van der Waals surface area contributed by atoms with Gasteiger partial charge in [0.25, 0.3) is 0 Å². The Labute approximate surface area is 138 Å². The number of carbonyl (C=O) groups is 1. The average Bonchev–Trinajstić information content (AvgIpc) is 3.24. The normalized spacial score (nSPS) is 14.5. The van der Waals surface area contributed by atoms with Crippen LogP contribution >= 0.6 is 0 Å². The van der Waals surface area contributed by atoms with Gasteiger partial charge >= 0.3 is 11.7 Å². The summed E-state index contributed by atoms with van der Waals surface area (Å²) in [5, 5.41) is 0. The van der Waals surface area contributed by atoms with E-state index in [0.29, 0.717) is 30.1 Å². The maximum Gasteiger partial charge on any atom is 0.338 e. The zero-order chi connectivity index (χ0) is 16.7. The van der Waals surface area contributed by atoms with Gasteiger partial charge in [0.15, 0.2) is 11.5 Å². The van der Waals surface area contributed by atoms with Crippen molar-refractivity contribution >= 4 is 17.2 Å². The Morgan fingerprint density at radius 1 is 1.12 bits per heavy atom. The monoisotopic (exact) mass is 323 g/mol. The number of aryl methyl sites for hydroxylation is 1. The number of likely N-dealkylation sites (tertiary alicyclic amines) is 1. The first kappa shape index (κ1) is 14.6. The van der Waals surface area contributed by atoms with Gasteiger partial charge < -0.3 is 4.90 Å². The molecule has 3 heterocycles. The van der Waals surface area contributed by atoms with Gasteiger partial charge in [-0.1, -0.05) is 30.3 Å². The van der Waals surface area contributed by atoms with Crippen LogP contribution in [-0.2, 0) is 7.05 Å². The SMILES string of the molecule is Cn1c(=O)n(C(=O)N2CCCC2)c2cnc(-c3ccccc3)nc21. The summed E-state index contributed by atoms with van der Waals surface area (Å²) >= 11 is 0. The Kier molecular flexibility index (Phi) is 3.41. The van der Waals surface area contributed by atoms with E-state index in [0.717, 1.165) is 18.4 Å². The van der Waals surface area contributed by atoms with Gasteiger partial charge in [0.05, 0.1) is 6.20 Å². The van der Waals surface area contributed by atoms with E-state index in [1.165, 1.54) is 9.13 Å². The second-order valence-corrected chi connectivity index (χ2v) is 5.92. The minimum Gasteiger partial charge on any atom is -0.324 e. The first-order chi connectivity index (χ1) is 11.7. The van der Waals surface area contributed by atoms with E-state index in [4.69, 9.17) is 0 Å². The highest BCUT2D eigenvalue weighted by atomic mass is 16.2. The van der Waals surface area contributed by atoms with Gasteiger partial charge in [-0.25, -0.2) is 24.1 Å². The van der Waals surface area contributed by atoms with Gasteiger partial charge in [0.2, 0.25) is 0 Å². The molecular weight excluding hydrogens is 306 g/mol. The van der Waals surface area contributed by atoms with Crippen molar-refractivity contribution in [3.05, 3.63) is 47.0 Å². The number of rotatable bonds is 1. The Balaban J connectivity index is 1.86. The number of amides is 1. The summed E-state index contributed by atoms with van der Waals surface area (Å²) in [7, 11) is 1.63. The fourth-order valence-electron chi connectivity index (χ4n) is 3.08. The summed E-state index contributed by atoms with van der Waals surface area (Å²) in [4.78, 5) is 35.8. The highest BCUT2D eigenvalue weighted by Gasteiger charge is 2.25. The average molecular weight is 323 g/mol. The first-order valence-electron chi connectivity index (χ1n) is 7.96. The third kappa shape index (κ3) is 2.20. The van der Waals surface area contributed by atoms with Gasteiger partial charge in [-0.3, -0.25) is 4.57 Å². The van der Waals surface area contributed by atoms with E-state index in [9.17, 15) is 9.59 Å². The van der Waals surface area contributed by atoms with Crippen LogP contribution in [0.4, 0.5) is 4.79 Å². The number of hydrogen-bond acceptors (Lipinski definition) is 4. The second-order valence-electron chi connectivity index (χ2n) is 5.92. The third-order valence-corrected chi connectivity index (χ3v) is 4.39. The zero-order valence-corrected chi connectivity index (χ0v) is 13.3.